The summed E-state index contributed by atoms with van der Waals surface area (Å²) in [6.07, 6.45) is 1.52. The minimum Gasteiger partial charge on any atom is -0.467 e. The maximum Gasteiger partial charge on any atom is 0.240 e. The second kappa shape index (κ2) is 6.69. The highest BCUT2D eigenvalue weighted by molar-refractivity contribution is 5.97. The lowest BCUT2D eigenvalue weighted by Gasteiger charge is -2.20. The summed E-state index contributed by atoms with van der Waals surface area (Å²) < 4.78 is 18.0. The van der Waals surface area contributed by atoms with Crippen LogP contribution in [0.15, 0.2) is 47.1 Å². The van der Waals surface area contributed by atoms with Crippen molar-refractivity contribution in [1.29, 1.82) is 0 Å². The van der Waals surface area contributed by atoms with Crippen LogP contribution in [0.1, 0.15) is 12.7 Å². The summed E-state index contributed by atoms with van der Waals surface area (Å²) in [6.45, 7) is 1.46. The molecule has 1 aromatic heterocycles. The van der Waals surface area contributed by atoms with Crippen LogP contribution in [0.5, 0.6) is 0 Å². The van der Waals surface area contributed by atoms with Crippen molar-refractivity contribution in [3.63, 3.8) is 0 Å². The number of carbonyl (C=O) groups excluding carboxylic acids is 2. The lowest BCUT2D eigenvalue weighted by molar-refractivity contribution is -0.123. The van der Waals surface area contributed by atoms with Gasteiger partial charge in [0.05, 0.1) is 12.8 Å². The topological polar surface area (TPSA) is 62.6 Å². The summed E-state index contributed by atoms with van der Waals surface area (Å²) in [5, 5.41) is 2.65. The first-order chi connectivity index (χ1) is 10.1. The predicted octanol–water partition coefficient (Wildman–Crippen LogP) is 2.09. The lowest BCUT2D eigenvalue weighted by atomic mass is 10.2. The van der Waals surface area contributed by atoms with Crippen LogP contribution in [-0.4, -0.2) is 18.4 Å². The van der Waals surface area contributed by atoms with Gasteiger partial charge in [0.15, 0.2) is 0 Å². The van der Waals surface area contributed by atoms with Gasteiger partial charge in [-0.1, -0.05) is 0 Å². The van der Waals surface area contributed by atoms with E-state index in [1.807, 2.05) is 0 Å². The van der Waals surface area contributed by atoms with E-state index in [1.54, 1.807) is 12.1 Å². The monoisotopic (exact) mass is 290 g/mol. The molecule has 0 aliphatic rings. The van der Waals surface area contributed by atoms with Crippen molar-refractivity contribution < 1.29 is 18.4 Å². The summed E-state index contributed by atoms with van der Waals surface area (Å²) in [7, 11) is 0. The van der Waals surface area contributed by atoms with Crippen molar-refractivity contribution in [3.05, 3.63) is 54.2 Å². The molecule has 0 fully saturated rings. The molecule has 1 aromatic carbocycles. The van der Waals surface area contributed by atoms with Crippen LogP contribution < -0.4 is 10.2 Å². The van der Waals surface area contributed by atoms with Crippen molar-refractivity contribution >= 4 is 17.5 Å². The van der Waals surface area contributed by atoms with Crippen LogP contribution in [0.3, 0.4) is 0 Å². The van der Waals surface area contributed by atoms with Gasteiger partial charge in [-0.2, -0.15) is 0 Å². The number of amides is 2. The molecule has 0 radical (unpaired) electrons. The summed E-state index contributed by atoms with van der Waals surface area (Å²) in [5.74, 6) is -0.398. The second-order valence-electron chi connectivity index (χ2n) is 4.44. The van der Waals surface area contributed by atoms with Crippen molar-refractivity contribution in [3.8, 4) is 0 Å². The van der Waals surface area contributed by atoms with Crippen molar-refractivity contribution in [2.45, 2.75) is 13.5 Å². The van der Waals surface area contributed by atoms with Gasteiger partial charge in [-0.3, -0.25) is 9.59 Å². The molecule has 0 aliphatic heterocycles. The van der Waals surface area contributed by atoms with Crippen LogP contribution in [-0.2, 0) is 16.1 Å². The van der Waals surface area contributed by atoms with E-state index in [1.165, 1.54) is 42.4 Å². The van der Waals surface area contributed by atoms with Crippen LogP contribution in [0, 0.1) is 5.82 Å². The fourth-order valence-corrected chi connectivity index (χ4v) is 1.80. The molecule has 1 N–H and O–H groups in total. The van der Waals surface area contributed by atoms with Gasteiger partial charge in [-0.05, 0) is 36.4 Å². The molecule has 1 heterocycles. The number of nitrogens with zero attached hydrogens (tertiary/aromatic N) is 1. The minimum absolute atomic E-state index is 0.137. The summed E-state index contributed by atoms with van der Waals surface area (Å²) in [6, 6.07) is 8.86. The number of nitrogens with one attached hydrogen (secondary N) is 1. The largest absolute Gasteiger partial charge is 0.467 e. The van der Waals surface area contributed by atoms with Crippen LogP contribution in [0.4, 0.5) is 10.1 Å². The van der Waals surface area contributed by atoms with Crippen molar-refractivity contribution in [2.75, 3.05) is 11.4 Å². The maximum absolute atomic E-state index is 12.9. The normalized spacial score (nSPS) is 10.2. The third kappa shape index (κ3) is 4.17. The first kappa shape index (κ1) is 14.8. The molecule has 6 heteroatoms. The Hall–Kier alpha value is -2.63. The van der Waals surface area contributed by atoms with Gasteiger partial charge in [0.2, 0.25) is 11.8 Å². The van der Waals surface area contributed by atoms with Gasteiger partial charge < -0.3 is 14.6 Å². The quantitative estimate of drug-likeness (QED) is 0.917. The molecule has 5 nitrogen and oxygen atoms in total. The van der Waals surface area contributed by atoms with E-state index in [-0.39, 0.29) is 24.9 Å². The van der Waals surface area contributed by atoms with Gasteiger partial charge in [-0.25, -0.2) is 4.39 Å². The highest BCUT2D eigenvalue weighted by atomic mass is 19.1. The molecule has 0 unspecified atom stereocenters. The zero-order valence-corrected chi connectivity index (χ0v) is 11.5. The number of hydrogen-bond donors (Lipinski definition) is 1. The van der Waals surface area contributed by atoms with Gasteiger partial charge in [-0.15, -0.1) is 0 Å². The zero-order valence-electron chi connectivity index (χ0n) is 11.5. The molecule has 0 atom stereocenters. The minimum atomic E-state index is -0.399. The van der Waals surface area contributed by atoms with Crippen LogP contribution in [0.25, 0.3) is 0 Å². The number of carbonyl (C=O) groups is 2. The molecule has 110 valence electrons. The second-order valence-corrected chi connectivity index (χ2v) is 4.44. The van der Waals surface area contributed by atoms with E-state index in [4.69, 9.17) is 4.42 Å². The average molecular weight is 290 g/mol. The molecule has 21 heavy (non-hydrogen) atoms. The van der Waals surface area contributed by atoms with E-state index in [9.17, 15) is 14.0 Å². The zero-order chi connectivity index (χ0) is 15.2. The van der Waals surface area contributed by atoms with Gasteiger partial charge >= 0.3 is 0 Å². The number of rotatable bonds is 5. The summed E-state index contributed by atoms with van der Waals surface area (Å²) >= 11 is 0. The Morgan fingerprint density at radius 2 is 1.95 bits per heavy atom. The molecule has 0 bridgehead atoms. The first-order valence-corrected chi connectivity index (χ1v) is 6.39. The number of hydrogen-bond acceptors (Lipinski definition) is 3. The Morgan fingerprint density at radius 3 is 2.52 bits per heavy atom. The van der Waals surface area contributed by atoms with Gasteiger partial charge in [0, 0.05) is 12.6 Å². The third-order valence-corrected chi connectivity index (χ3v) is 2.86. The molecule has 0 aliphatic carbocycles. The predicted molar refractivity (Wildman–Crippen MR) is 75.0 cm³/mol. The van der Waals surface area contributed by atoms with E-state index in [0.29, 0.717) is 11.4 Å². The van der Waals surface area contributed by atoms with Gasteiger partial charge in [0.1, 0.15) is 18.1 Å². The SMILES string of the molecule is CC(=O)N(CC(=O)NCc1ccco1)c1ccc(F)cc1. The van der Waals surface area contributed by atoms with Crippen LogP contribution >= 0.6 is 0 Å². The fourth-order valence-electron chi connectivity index (χ4n) is 1.80. The molecule has 2 aromatic rings. The Labute approximate surface area is 121 Å². The summed E-state index contributed by atoms with van der Waals surface area (Å²) in [4.78, 5) is 24.8. The number of furan rings is 1. The Bertz CT molecular complexity index is 608. The number of halogens is 1. The molecule has 0 spiro atoms. The van der Waals surface area contributed by atoms with E-state index in [2.05, 4.69) is 5.32 Å². The number of benzene rings is 1. The van der Waals surface area contributed by atoms with E-state index >= 15 is 0 Å². The highest BCUT2D eigenvalue weighted by Crippen LogP contribution is 2.14. The van der Waals surface area contributed by atoms with Crippen LogP contribution in [0.2, 0.25) is 0 Å². The van der Waals surface area contributed by atoms with Gasteiger partial charge in [0.25, 0.3) is 0 Å². The highest BCUT2D eigenvalue weighted by Gasteiger charge is 2.15. The molecule has 0 saturated carbocycles. The standard InChI is InChI=1S/C15H15FN2O3/c1-11(19)18(13-6-4-12(16)5-7-13)10-15(20)17-9-14-3-2-8-21-14/h2-8H,9-10H2,1H3,(H,17,20). The molecule has 2 rings (SSSR count). The van der Waals surface area contributed by atoms with Crippen molar-refractivity contribution in [1.82, 2.24) is 5.32 Å². The van der Waals surface area contributed by atoms with E-state index < -0.39 is 5.82 Å². The Morgan fingerprint density at radius 1 is 1.24 bits per heavy atom. The molecule has 0 saturated heterocycles. The maximum atomic E-state index is 12.9. The molecular weight excluding hydrogens is 275 g/mol. The fraction of sp³-hybridized carbons (Fsp3) is 0.200. The Kier molecular flexibility index (Phi) is 4.71. The third-order valence-electron chi connectivity index (χ3n) is 2.86. The van der Waals surface area contributed by atoms with E-state index in [0.717, 1.165) is 0 Å². The first-order valence-electron chi connectivity index (χ1n) is 6.39. The average Bonchev–Trinajstić information content (AvgIpc) is 2.97. The molecule has 2 amide bonds. The molecular formula is C15H15FN2O3. The summed E-state index contributed by atoms with van der Waals surface area (Å²) in [5.41, 5.74) is 0.469. The van der Waals surface area contributed by atoms with Crippen molar-refractivity contribution in [2.24, 2.45) is 0 Å². The lowest BCUT2D eigenvalue weighted by Crippen LogP contribution is -2.39. The number of anilines is 1. The Balaban J connectivity index is 1.97. The smallest absolute Gasteiger partial charge is 0.240 e.